The molecule has 0 rings (SSSR count). The van der Waals surface area contributed by atoms with Gasteiger partial charge in [0.05, 0.1) is 0 Å². The molecule has 0 aliphatic carbocycles. The second kappa shape index (κ2) is 15.5. The van der Waals surface area contributed by atoms with Crippen molar-refractivity contribution < 1.29 is 9.90 Å². The summed E-state index contributed by atoms with van der Waals surface area (Å²) in [5, 5.41) is 8.48. The summed E-state index contributed by atoms with van der Waals surface area (Å²) in [7, 11) is 0. The molecular formula is C18H28O2. The van der Waals surface area contributed by atoms with Crippen molar-refractivity contribution in [2.24, 2.45) is 0 Å². The maximum Gasteiger partial charge on any atom is 0.303 e. The second-order valence-electron chi connectivity index (χ2n) is 4.76. The van der Waals surface area contributed by atoms with Gasteiger partial charge in [0.25, 0.3) is 0 Å². The van der Waals surface area contributed by atoms with Gasteiger partial charge in [0.2, 0.25) is 0 Å². The maximum atomic E-state index is 10.3. The molecule has 0 aromatic carbocycles. The van der Waals surface area contributed by atoms with E-state index in [4.69, 9.17) is 5.11 Å². The average Bonchev–Trinajstić information content (AvgIpc) is 2.43. The van der Waals surface area contributed by atoms with E-state index in [2.05, 4.69) is 25.2 Å². The molecule has 0 aliphatic rings. The topological polar surface area (TPSA) is 37.3 Å². The van der Waals surface area contributed by atoms with Crippen molar-refractivity contribution in [1.29, 1.82) is 0 Å². The maximum absolute atomic E-state index is 10.3. The zero-order chi connectivity index (χ0) is 14.9. The molecule has 0 spiro atoms. The number of hydrogen-bond donors (Lipinski definition) is 1. The summed E-state index contributed by atoms with van der Waals surface area (Å²) >= 11 is 0. The van der Waals surface area contributed by atoms with Crippen LogP contribution in [0, 0.1) is 0 Å². The van der Waals surface area contributed by atoms with Gasteiger partial charge in [0.15, 0.2) is 0 Å². The molecule has 0 aliphatic heterocycles. The Labute approximate surface area is 123 Å². The van der Waals surface area contributed by atoms with Crippen molar-refractivity contribution in [2.75, 3.05) is 0 Å². The van der Waals surface area contributed by atoms with E-state index in [0.717, 1.165) is 25.7 Å². The number of rotatable bonds is 12. The van der Waals surface area contributed by atoms with Crippen molar-refractivity contribution in [3.63, 3.8) is 0 Å². The van der Waals surface area contributed by atoms with Crippen LogP contribution in [0.3, 0.4) is 0 Å². The minimum absolute atomic E-state index is 0.275. The molecular weight excluding hydrogens is 248 g/mol. The van der Waals surface area contributed by atoms with Crippen LogP contribution in [0.15, 0.2) is 48.6 Å². The van der Waals surface area contributed by atoms with Gasteiger partial charge in [-0.15, -0.1) is 0 Å². The van der Waals surface area contributed by atoms with Gasteiger partial charge in [-0.1, -0.05) is 68.4 Å². The zero-order valence-electron chi connectivity index (χ0n) is 12.6. The molecule has 0 saturated heterocycles. The number of hydrogen-bond acceptors (Lipinski definition) is 1. The number of unbranched alkanes of at least 4 members (excludes halogenated alkanes) is 5. The van der Waals surface area contributed by atoms with Crippen LogP contribution in [0.25, 0.3) is 0 Å². The van der Waals surface area contributed by atoms with Gasteiger partial charge in [-0.3, -0.25) is 4.79 Å². The quantitative estimate of drug-likeness (QED) is 0.381. The lowest BCUT2D eigenvalue weighted by Crippen LogP contribution is -1.92. The summed E-state index contributed by atoms with van der Waals surface area (Å²) in [6, 6.07) is 0. The number of aliphatic carboxylic acids is 1. The highest BCUT2D eigenvalue weighted by Crippen LogP contribution is 2.01. The summed E-state index contributed by atoms with van der Waals surface area (Å²) < 4.78 is 0. The second-order valence-corrected chi connectivity index (χ2v) is 4.76. The first kappa shape index (κ1) is 18.4. The van der Waals surface area contributed by atoms with Gasteiger partial charge in [0.1, 0.15) is 0 Å². The third-order valence-electron chi connectivity index (χ3n) is 2.81. The van der Waals surface area contributed by atoms with Crippen molar-refractivity contribution >= 4 is 5.97 Å². The van der Waals surface area contributed by atoms with Crippen LogP contribution in [-0.2, 0) is 4.79 Å². The number of carbonyl (C=O) groups is 1. The zero-order valence-corrected chi connectivity index (χ0v) is 12.6. The van der Waals surface area contributed by atoms with Gasteiger partial charge >= 0.3 is 5.97 Å². The van der Waals surface area contributed by atoms with E-state index in [-0.39, 0.29) is 6.42 Å². The summed E-state index contributed by atoms with van der Waals surface area (Å²) in [4.78, 5) is 10.3. The Bertz CT molecular complexity index is 335. The Morgan fingerprint density at radius 3 is 1.80 bits per heavy atom. The van der Waals surface area contributed by atoms with Gasteiger partial charge in [-0.05, 0) is 32.1 Å². The molecule has 0 radical (unpaired) electrons. The summed E-state index contributed by atoms with van der Waals surface area (Å²) in [5.41, 5.74) is 0. The van der Waals surface area contributed by atoms with Crippen molar-refractivity contribution in [1.82, 2.24) is 0 Å². The van der Waals surface area contributed by atoms with Crippen molar-refractivity contribution in [2.45, 2.75) is 58.3 Å². The third kappa shape index (κ3) is 16.4. The molecule has 0 saturated carbocycles. The monoisotopic (exact) mass is 276 g/mol. The number of carboxylic acids is 1. The highest BCUT2D eigenvalue weighted by atomic mass is 16.4. The molecule has 0 bridgehead atoms. The van der Waals surface area contributed by atoms with Gasteiger partial charge in [-0.2, -0.15) is 0 Å². The van der Waals surface area contributed by atoms with E-state index in [0.29, 0.717) is 0 Å². The summed E-state index contributed by atoms with van der Waals surface area (Å²) in [5.74, 6) is -0.707. The molecule has 2 nitrogen and oxygen atoms in total. The standard InChI is InChI=1S/C18H28O2/c1-2-3-4-5-6-7-8-9-10-11-12-13-14-15-16-17-18(19)20/h6-13H,2-5,14-17H2,1H3,(H,19,20). The molecule has 2 heteroatoms. The molecule has 0 heterocycles. The van der Waals surface area contributed by atoms with E-state index < -0.39 is 5.97 Å². The van der Waals surface area contributed by atoms with Crippen molar-refractivity contribution in [3.8, 4) is 0 Å². The van der Waals surface area contributed by atoms with Crippen LogP contribution in [-0.4, -0.2) is 11.1 Å². The first-order valence-electron chi connectivity index (χ1n) is 7.64. The molecule has 0 unspecified atom stereocenters. The van der Waals surface area contributed by atoms with E-state index in [9.17, 15) is 4.79 Å². The summed E-state index contributed by atoms with van der Waals surface area (Å²) in [6.07, 6.45) is 24.4. The highest BCUT2D eigenvalue weighted by molar-refractivity contribution is 5.66. The van der Waals surface area contributed by atoms with Crippen LogP contribution < -0.4 is 0 Å². The lowest BCUT2D eigenvalue weighted by atomic mass is 10.2. The number of allylic oxidation sites excluding steroid dienone is 8. The summed E-state index contributed by atoms with van der Waals surface area (Å²) in [6.45, 7) is 2.22. The fourth-order valence-corrected chi connectivity index (χ4v) is 1.66. The Balaban J connectivity index is 3.47. The van der Waals surface area contributed by atoms with E-state index >= 15 is 0 Å². The first-order chi connectivity index (χ1) is 9.77. The first-order valence-corrected chi connectivity index (χ1v) is 7.64. The lowest BCUT2D eigenvalue weighted by molar-refractivity contribution is -0.137. The molecule has 112 valence electrons. The molecule has 1 N–H and O–H groups in total. The average molecular weight is 276 g/mol. The Kier molecular flexibility index (Phi) is 14.3. The minimum atomic E-state index is -0.707. The third-order valence-corrected chi connectivity index (χ3v) is 2.81. The molecule has 0 amide bonds. The Morgan fingerprint density at radius 1 is 0.800 bits per heavy atom. The molecule has 20 heavy (non-hydrogen) atoms. The predicted molar refractivity (Wildman–Crippen MR) is 86.8 cm³/mol. The van der Waals surface area contributed by atoms with E-state index in [1.807, 2.05) is 30.4 Å². The van der Waals surface area contributed by atoms with Crippen LogP contribution in [0.1, 0.15) is 58.3 Å². The van der Waals surface area contributed by atoms with Crippen molar-refractivity contribution in [3.05, 3.63) is 48.6 Å². The number of carboxylic acid groups (broad SMARTS) is 1. The molecule has 0 fully saturated rings. The van der Waals surface area contributed by atoms with Gasteiger partial charge in [0, 0.05) is 6.42 Å². The largest absolute Gasteiger partial charge is 0.481 e. The SMILES string of the molecule is CCCCCC=CC=CC=CC=CCCCCC(=O)O. The van der Waals surface area contributed by atoms with E-state index in [1.54, 1.807) is 0 Å². The van der Waals surface area contributed by atoms with Crippen LogP contribution >= 0.6 is 0 Å². The van der Waals surface area contributed by atoms with Crippen LogP contribution in [0.2, 0.25) is 0 Å². The van der Waals surface area contributed by atoms with Crippen LogP contribution in [0.4, 0.5) is 0 Å². The highest BCUT2D eigenvalue weighted by Gasteiger charge is 1.93. The van der Waals surface area contributed by atoms with Crippen LogP contribution in [0.5, 0.6) is 0 Å². The van der Waals surface area contributed by atoms with Gasteiger partial charge in [-0.25, -0.2) is 0 Å². The fourth-order valence-electron chi connectivity index (χ4n) is 1.66. The predicted octanol–water partition coefficient (Wildman–Crippen LogP) is 5.44. The Morgan fingerprint density at radius 2 is 1.30 bits per heavy atom. The molecule has 0 aromatic rings. The molecule has 0 atom stereocenters. The van der Waals surface area contributed by atoms with E-state index in [1.165, 1.54) is 19.3 Å². The normalized spacial score (nSPS) is 12.4. The smallest absolute Gasteiger partial charge is 0.303 e. The minimum Gasteiger partial charge on any atom is -0.481 e. The van der Waals surface area contributed by atoms with Gasteiger partial charge < -0.3 is 5.11 Å². The lowest BCUT2D eigenvalue weighted by Gasteiger charge is -1.91. The molecule has 0 aromatic heterocycles. The fraction of sp³-hybridized carbons (Fsp3) is 0.500. The Hall–Kier alpha value is -1.57.